The van der Waals surface area contributed by atoms with E-state index in [9.17, 15) is 5.11 Å². The van der Waals surface area contributed by atoms with Gasteiger partial charge in [0.1, 0.15) is 0 Å². The molecule has 0 fully saturated rings. The normalized spacial score (nSPS) is 15.5. The first kappa shape index (κ1) is 15.9. The van der Waals surface area contributed by atoms with Crippen molar-refractivity contribution >= 4 is 39.1 Å². The summed E-state index contributed by atoms with van der Waals surface area (Å²) in [6.45, 7) is 0.622. The molecular weight excluding hydrogens is 340 g/mol. The molecule has 0 spiro atoms. The number of aromatic nitrogens is 3. The number of rotatable bonds is 5. The first-order chi connectivity index (χ1) is 11.7. The van der Waals surface area contributed by atoms with Crippen LogP contribution in [0.5, 0.6) is 0 Å². The van der Waals surface area contributed by atoms with Crippen molar-refractivity contribution in [3.05, 3.63) is 35.5 Å². The van der Waals surface area contributed by atoms with Crippen molar-refractivity contribution in [2.45, 2.75) is 42.7 Å². The highest BCUT2D eigenvalue weighted by molar-refractivity contribution is 8.01. The fourth-order valence-electron chi connectivity index (χ4n) is 3.51. The molecule has 0 bridgehead atoms. The number of nitrogens with zero attached hydrogens (tertiary/aromatic N) is 3. The third-order valence-electron chi connectivity index (χ3n) is 4.50. The van der Waals surface area contributed by atoms with Crippen LogP contribution in [0.4, 0.5) is 5.13 Å². The Labute approximate surface area is 148 Å². The average molecular weight is 361 g/mol. The van der Waals surface area contributed by atoms with Gasteiger partial charge in [-0.3, -0.25) is 0 Å². The number of hydrogen-bond donors (Lipinski definition) is 2. The number of hydrogen-bond acceptors (Lipinski definition) is 6. The number of thioether (sulfide) groups is 1. The minimum absolute atomic E-state index is 0.429. The summed E-state index contributed by atoms with van der Waals surface area (Å²) in [6, 6.07) is 8.56. The number of para-hydroxylation sites is 1. The SMILES string of the molecule is Nc1nnc(SC[C@@H](O)Cn2c3c(c4ccccc42)CCCC3)s1. The van der Waals surface area contributed by atoms with Gasteiger partial charge in [0.15, 0.2) is 4.34 Å². The zero-order valence-corrected chi connectivity index (χ0v) is 14.9. The Morgan fingerprint density at radius 2 is 2.08 bits per heavy atom. The second-order valence-corrected chi connectivity index (χ2v) is 8.41. The van der Waals surface area contributed by atoms with E-state index in [2.05, 4.69) is 39.0 Å². The lowest BCUT2D eigenvalue weighted by Crippen LogP contribution is -2.20. The smallest absolute Gasteiger partial charge is 0.203 e. The maximum absolute atomic E-state index is 10.5. The Morgan fingerprint density at radius 1 is 1.25 bits per heavy atom. The van der Waals surface area contributed by atoms with Gasteiger partial charge in [-0.25, -0.2) is 0 Å². The van der Waals surface area contributed by atoms with Crippen molar-refractivity contribution in [2.75, 3.05) is 11.5 Å². The van der Waals surface area contributed by atoms with Gasteiger partial charge in [0.25, 0.3) is 0 Å². The molecule has 0 aliphatic heterocycles. The molecule has 24 heavy (non-hydrogen) atoms. The maximum atomic E-state index is 10.5. The largest absolute Gasteiger partial charge is 0.390 e. The Bertz CT molecular complexity index is 858. The molecule has 0 radical (unpaired) electrons. The van der Waals surface area contributed by atoms with Gasteiger partial charge in [0.05, 0.1) is 6.10 Å². The predicted molar refractivity (Wildman–Crippen MR) is 99.6 cm³/mol. The van der Waals surface area contributed by atoms with Crippen molar-refractivity contribution in [3.63, 3.8) is 0 Å². The van der Waals surface area contributed by atoms with Gasteiger partial charge < -0.3 is 15.4 Å². The lowest BCUT2D eigenvalue weighted by Gasteiger charge is -2.18. The van der Waals surface area contributed by atoms with Gasteiger partial charge in [-0.1, -0.05) is 41.3 Å². The zero-order valence-electron chi connectivity index (χ0n) is 13.3. The summed E-state index contributed by atoms with van der Waals surface area (Å²) in [5.74, 6) is 0.593. The molecule has 7 heteroatoms. The highest BCUT2D eigenvalue weighted by Gasteiger charge is 2.21. The van der Waals surface area contributed by atoms with Crippen molar-refractivity contribution in [1.82, 2.24) is 14.8 Å². The Balaban J connectivity index is 1.55. The van der Waals surface area contributed by atoms with E-state index in [0.717, 1.165) is 17.2 Å². The standard InChI is InChI=1S/C17H20N4OS2/c18-16-19-20-17(24-16)23-10-11(22)9-21-14-7-3-1-5-12(14)13-6-2-4-8-15(13)21/h1,3,5,7,11,22H,2,4,6,8-10H2,(H2,18,19)/t11-/m0/s1. The summed E-state index contributed by atoms with van der Waals surface area (Å²) in [5.41, 5.74) is 9.73. The van der Waals surface area contributed by atoms with Crippen LogP contribution in [0.15, 0.2) is 28.6 Å². The molecule has 126 valence electrons. The number of aliphatic hydroxyl groups excluding tert-OH is 1. The summed E-state index contributed by atoms with van der Waals surface area (Å²) in [5, 5.41) is 20.2. The number of nitrogen functional groups attached to an aromatic ring is 1. The van der Waals surface area contributed by atoms with E-state index in [1.165, 1.54) is 58.1 Å². The van der Waals surface area contributed by atoms with E-state index in [0.29, 0.717) is 17.4 Å². The molecule has 5 nitrogen and oxygen atoms in total. The molecule has 3 N–H and O–H groups in total. The van der Waals surface area contributed by atoms with Crippen LogP contribution >= 0.6 is 23.1 Å². The van der Waals surface area contributed by atoms with Gasteiger partial charge in [-0.2, -0.15) is 0 Å². The fourth-order valence-corrected chi connectivity index (χ4v) is 5.08. The maximum Gasteiger partial charge on any atom is 0.203 e. The molecule has 1 aliphatic rings. The zero-order chi connectivity index (χ0) is 16.5. The van der Waals surface area contributed by atoms with E-state index < -0.39 is 6.10 Å². The number of benzene rings is 1. The Hall–Kier alpha value is -1.57. The Morgan fingerprint density at radius 3 is 2.92 bits per heavy atom. The van der Waals surface area contributed by atoms with Crippen molar-refractivity contribution < 1.29 is 5.11 Å². The van der Waals surface area contributed by atoms with Crippen LogP contribution in [-0.4, -0.2) is 31.7 Å². The molecule has 0 amide bonds. The summed E-state index contributed by atoms with van der Waals surface area (Å²) in [4.78, 5) is 0. The molecule has 3 aromatic rings. The number of nitrogens with two attached hydrogens (primary N) is 1. The number of aliphatic hydroxyl groups is 1. The van der Waals surface area contributed by atoms with Crippen LogP contribution in [-0.2, 0) is 19.4 Å². The van der Waals surface area contributed by atoms with Crippen LogP contribution < -0.4 is 5.73 Å². The van der Waals surface area contributed by atoms with Crippen molar-refractivity contribution in [3.8, 4) is 0 Å². The summed E-state index contributed by atoms with van der Waals surface area (Å²) in [6.07, 6.45) is 4.33. The van der Waals surface area contributed by atoms with Gasteiger partial charge in [0.2, 0.25) is 5.13 Å². The number of fused-ring (bicyclic) bond motifs is 3. The van der Waals surface area contributed by atoms with E-state index in [1.807, 2.05) is 0 Å². The second kappa shape index (κ2) is 6.74. The summed E-state index contributed by atoms with van der Waals surface area (Å²) >= 11 is 2.88. The number of anilines is 1. The molecule has 0 unspecified atom stereocenters. The van der Waals surface area contributed by atoms with Gasteiger partial charge >= 0.3 is 0 Å². The third-order valence-corrected chi connectivity index (χ3v) is 6.53. The first-order valence-electron chi connectivity index (χ1n) is 8.21. The van der Waals surface area contributed by atoms with Gasteiger partial charge in [-0.15, -0.1) is 10.2 Å². The first-order valence-corrected chi connectivity index (χ1v) is 10.0. The second-order valence-electron chi connectivity index (χ2n) is 6.13. The molecule has 1 aromatic carbocycles. The van der Waals surface area contributed by atoms with E-state index in [-0.39, 0.29) is 0 Å². The van der Waals surface area contributed by atoms with E-state index >= 15 is 0 Å². The lowest BCUT2D eigenvalue weighted by molar-refractivity contribution is 0.178. The molecule has 2 aromatic heterocycles. The van der Waals surface area contributed by atoms with Crippen LogP contribution in [0.1, 0.15) is 24.1 Å². The van der Waals surface area contributed by atoms with Gasteiger partial charge in [0, 0.05) is 28.9 Å². The highest BCUT2D eigenvalue weighted by Crippen LogP contribution is 2.32. The van der Waals surface area contributed by atoms with Crippen LogP contribution in [0.2, 0.25) is 0 Å². The van der Waals surface area contributed by atoms with E-state index in [1.54, 1.807) is 0 Å². The molecule has 4 rings (SSSR count). The molecule has 0 saturated carbocycles. The molecular formula is C17H20N4OS2. The minimum Gasteiger partial charge on any atom is -0.390 e. The van der Waals surface area contributed by atoms with Crippen LogP contribution in [0, 0.1) is 0 Å². The quantitative estimate of drug-likeness (QED) is 0.684. The highest BCUT2D eigenvalue weighted by atomic mass is 32.2. The molecule has 1 aliphatic carbocycles. The van der Waals surface area contributed by atoms with E-state index in [4.69, 9.17) is 5.73 Å². The monoisotopic (exact) mass is 360 g/mol. The molecule has 1 atom stereocenters. The van der Waals surface area contributed by atoms with Gasteiger partial charge in [-0.05, 0) is 37.3 Å². The topological polar surface area (TPSA) is 77.0 Å². The number of aryl methyl sites for hydroxylation is 1. The third kappa shape index (κ3) is 3.03. The van der Waals surface area contributed by atoms with Crippen LogP contribution in [0.3, 0.4) is 0 Å². The molecule has 0 saturated heterocycles. The van der Waals surface area contributed by atoms with Crippen molar-refractivity contribution in [1.29, 1.82) is 0 Å². The predicted octanol–water partition coefficient (Wildman–Crippen LogP) is 3.11. The summed E-state index contributed by atoms with van der Waals surface area (Å²) in [7, 11) is 0. The fraction of sp³-hybridized carbons (Fsp3) is 0.412. The average Bonchev–Trinajstić information content (AvgIpc) is 3.16. The van der Waals surface area contributed by atoms with Crippen molar-refractivity contribution in [2.24, 2.45) is 0 Å². The van der Waals surface area contributed by atoms with Crippen LogP contribution in [0.25, 0.3) is 10.9 Å². The Kier molecular flexibility index (Phi) is 4.47. The molecule has 2 heterocycles. The summed E-state index contributed by atoms with van der Waals surface area (Å²) < 4.78 is 3.13. The lowest BCUT2D eigenvalue weighted by atomic mass is 9.95. The minimum atomic E-state index is -0.429.